The smallest absolute Gasteiger partial charge is 0.142 e. The van der Waals surface area contributed by atoms with E-state index in [0.29, 0.717) is 6.54 Å². The van der Waals surface area contributed by atoms with E-state index in [2.05, 4.69) is 57.7 Å². The first-order valence-corrected chi connectivity index (χ1v) is 6.32. The molecule has 0 aliphatic carbocycles. The number of nitrogens with zero attached hydrogens (tertiary/aromatic N) is 2. The van der Waals surface area contributed by atoms with E-state index in [9.17, 15) is 0 Å². The average Bonchev–Trinajstić information content (AvgIpc) is 2.47. The Bertz CT molecular complexity index is 707. The van der Waals surface area contributed by atoms with Gasteiger partial charge in [-0.25, -0.2) is 9.97 Å². The second kappa shape index (κ2) is 5.16. The van der Waals surface area contributed by atoms with Crippen LogP contribution in [0.3, 0.4) is 0 Å². The van der Waals surface area contributed by atoms with Gasteiger partial charge < -0.3 is 5.32 Å². The highest BCUT2D eigenvalue weighted by Crippen LogP contribution is 2.22. The quantitative estimate of drug-likeness (QED) is 0.775. The topological polar surface area (TPSA) is 37.8 Å². The van der Waals surface area contributed by atoms with Crippen molar-refractivity contribution in [2.24, 2.45) is 0 Å². The second-order valence-electron chi connectivity index (χ2n) is 4.45. The van der Waals surface area contributed by atoms with Gasteiger partial charge in [-0.3, -0.25) is 0 Å². The van der Waals surface area contributed by atoms with Crippen molar-refractivity contribution in [3.05, 3.63) is 60.6 Å². The Morgan fingerprint density at radius 2 is 1.84 bits per heavy atom. The molecule has 0 saturated carbocycles. The SMILES string of the molecule is CNCc1nccc(-c2ccc3ccccc3c2)n1. The van der Waals surface area contributed by atoms with Crippen molar-refractivity contribution in [1.82, 2.24) is 15.3 Å². The predicted octanol–water partition coefficient (Wildman–Crippen LogP) is 3.02. The molecule has 19 heavy (non-hydrogen) atoms. The van der Waals surface area contributed by atoms with Crippen molar-refractivity contribution >= 4 is 10.8 Å². The van der Waals surface area contributed by atoms with Crippen LogP contribution in [0.25, 0.3) is 22.0 Å². The number of fused-ring (bicyclic) bond motifs is 1. The van der Waals surface area contributed by atoms with Gasteiger partial charge in [0.2, 0.25) is 0 Å². The molecule has 3 rings (SSSR count). The first-order chi connectivity index (χ1) is 9.36. The van der Waals surface area contributed by atoms with Crippen LogP contribution >= 0.6 is 0 Å². The third kappa shape index (κ3) is 2.46. The lowest BCUT2D eigenvalue weighted by Gasteiger charge is -2.05. The Labute approximate surface area is 112 Å². The van der Waals surface area contributed by atoms with Crippen LogP contribution in [0.1, 0.15) is 5.82 Å². The molecule has 0 spiro atoms. The molecule has 0 unspecified atom stereocenters. The summed E-state index contributed by atoms with van der Waals surface area (Å²) in [5, 5.41) is 5.54. The van der Waals surface area contributed by atoms with Gasteiger partial charge in [0, 0.05) is 11.8 Å². The van der Waals surface area contributed by atoms with Gasteiger partial charge in [-0.1, -0.05) is 36.4 Å². The standard InChI is InChI=1S/C16H15N3/c1-17-11-16-18-9-8-15(19-16)14-7-6-12-4-2-3-5-13(12)10-14/h2-10,17H,11H2,1H3. The van der Waals surface area contributed by atoms with E-state index in [-0.39, 0.29) is 0 Å². The highest BCUT2D eigenvalue weighted by molar-refractivity contribution is 5.86. The maximum atomic E-state index is 4.57. The van der Waals surface area contributed by atoms with Crippen LogP contribution in [-0.2, 0) is 6.54 Å². The van der Waals surface area contributed by atoms with Crippen molar-refractivity contribution in [2.75, 3.05) is 7.05 Å². The highest BCUT2D eigenvalue weighted by Gasteiger charge is 2.02. The van der Waals surface area contributed by atoms with Gasteiger partial charge >= 0.3 is 0 Å². The molecule has 0 radical (unpaired) electrons. The molecular formula is C16H15N3. The zero-order valence-electron chi connectivity index (χ0n) is 10.8. The summed E-state index contributed by atoms with van der Waals surface area (Å²) in [5.41, 5.74) is 2.09. The van der Waals surface area contributed by atoms with E-state index in [4.69, 9.17) is 0 Å². The maximum absolute atomic E-state index is 4.57. The van der Waals surface area contributed by atoms with Gasteiger partial charge in [-0.2, -0.15) is 0 Å². The Hall–Kier alpha value is -2.26. The fraction of sp³-hybridized carbons (Fsp3) is 0.125. The zero-order valence-corrected chi connectivity index (χ0v) is 10.8. The van der Waals surface area contributed by atoms with Crippen LogP contribution in [0.2, 0.25) is 0 Å². The summed E-state index contributed by atoms with van der Waals surface area (Å²) in [5.74, 6) is 0.813. The summed E-state index contributed by atoms with van der Waals surface area (Å²) < 4.78 is 0. The molecule has 1 N–H and O–H groups in total. The van der Waals surface area contributed by atoms with E-state index < -0.39 is 0 Å². The number of nitrogens with one attached hydrogen (secondary N) is 1. The summed E-state index contributed by atoms with van der Waals surface area (Å²) in [4.78, 5) is 8.81. The summed E-state index contributed by atoms with van der Waals surface area (Å²) >= 11 is 0. The van der Waals surface area contributed by atoms with Gasteiger partial charge in [-0.05, 0) is 30.0 Å². The van der Waals surface area contributed by atoms with Gasteiger partial charge in [0.15, 0.2) is 0 Å². The molecule has 3 aromatic rings. The molecule has 94 valence electrons. The number of aromatic nitrogens is 2. The molecular weight excluding hydrogens is 234 g/mol. The van der Waals surface area contributed by atoms with Crippen LogP contribution < -0.4 is 5.32 Å². The van der Waals surface area contributed by atoms with Crippen LogP contribution in [0.15, 0.2) is 54.7 Å². The third-order valence-corrected chi connectivity index (χ3v) is 3.09. The van der Waals surface area contributed by atoms with E-state index in [0.717, 1.165) is 17.1 Å². The minimum absolute atomic E-state index is 0.682. The molecule has 1 aromatic heterocycles. The largest absolute Gasteiger partial charge is 0.313 e. The van der Waals surface area contributed by atoms with Gasteiger partial charge in [0.1, 0.15) is 5.82 Å². The van der Waals surface area contributed by atoms with E-state index in [1.165, 1.54) is 10.8 Å². The summed E-state index contributed by atoms with van der Waals surface area (Å²) in [6, 6.07) is 16.7. The van der Waals surface area contributed by atoms with Gasteiger partial charge in [0.25, 0.3) is 0 Å². The predicted molar refractivity (Wildman–Crippen MR) is 77.7 cm³/mol. The van der Waals surface area contributed by atoms with E-state index in [1.807, 2.05) is 19.3 Å². The number of benzene rings is 2. The minimum Gasteiger partial charge on any atom is -0.313 e. The van der Waals surface area contributed by atoms with E-state index in [1.54, 1.807) is 0 Å². The Kier molecular flexibility index (Phi) is 3.21. The molecule has 0 fully saturated rings. The first-order valence-electron chi connectivity index (χ1n) is 6.32. The number of rotatable bonds is 3. The number of hydrogen-bond donors (Lipinski definition) is 1. The van der Waals surface area contributed by atoms with Gasteiger partial charge in [-0.15, -0.1) is 0 Å². The van der Waals surface area contributed by atoms with E-state index >= 15 is 0 Å². The minimum atomic E-state index is 0.682. The number of hydrogen-bond acceptors (Lipinski definition) is 3. The molecule has 2 aromatic carbocycles. The highest BCUT2D eigenvalue weighted by atomic mass is 14.9. The van der Waals surface area contributed by atoms with Gasteiger partial charge in [0.05, 0.1) is 12.2 Å². The maximum Gasteiger partial charge on any atom is 0.142 e. The average molecular weight is 249 g/mol. The summed E-state index contributed by atoms with van der Waals surface area (Å²) in [6.45, 7) is 0.682. The molecule has 3 nitrogen and oxygen atoms in total. The summed E-state index contributed by atoms with van der Waals surface area (Å²) in [7, 11) is 1.89. The van der Waals surface area contributed by atoms with Crippen molar-refractivity contribution in [3.8, 4) is 11.3 Å². The fourth-order valence-electron chi connectivity index (χ4n) is 2.15. The normalized spacial score (nSPS) is 10.8. The molecule has 0 saturated heterocycles. The molecule has 3 heteroatoms. The molecule has 0 atom stereocenters. The second-order valence-corrected chi connectivity index (χ2v) is 4.45. The van der Waals surface area contributed by atoms with Crippen molar-refractivity contribution < 1.29 is 0 Å². The molecule has 0 aliphatic heterocycles. The van der Waals surface area contributed by atoms with Crippen LogP contribution in [0.5, 0.6) is 0 Å². The van der Waals surface area contributed by atoms with Crippen molar-refractivity contribution in [3.63, 3.8) is 0 Å². The summed E-state index contributed by atoms with van der Waals surface area (Å²) in [6.07, 6.45) is 1.81. The lowest BCUT2D eigenvalue weighted by Crippen LogP contribution is -2.09. The Morgan fingerprint density at radius 3 is 2.68 bits per heavy atom. The Morgan fingerprint density at radius 1 is 1.00 bits per heavy atom. The zero-order chi connectivity index (χ0) is 13.1. The molecule has 0 amide bonds. The molecule has 1 heterocycles. The van der Waals surface area contributed by atoms with Crippen molar-refractivity contribution in [1.29, 1.82) is 0 Å². The third-order valence-electron chi connectivity index (χ3n) is 3.09. The molecule has 0 aliphatic rings. The monoisotopic (exact) mass is 249 g/mol. The van der Waals surface area contributed by atoms with Crippen LogP contribution in [-0.4, -0.2) is 17.0 Å². The van der Waals surface area contributed by atoms with Crippen LogP contribution in [0, 0.1) is 0 Å². The molecule has 0 bridgehead atoms. The Balaban J connectivity index is 2.05. The first kappa shape index (κ1) is 11.8. The van der Waals surface area contributed by atoms with Crippen molar-refractivity contribution in [2.45, 2.75) is 6.54 Å². The lowest BCUT2D eigenvalue weighted by atomic mass is 10.1. The van der Waals surface area contributed by atoms with Crippen LogP contribution in [0.4, 0.5) is 0 Å². The lowest BCUT2D eigenvalue weighted by molar-refractivity contribution is 0.759. The fourth-order valence-corrected chi connectivity index (χ4v) is 2.15.